The van der Waals surface area contributed by atoms with Crippen LogP contribution in [-0.2, 0) is 16.1 Å². The van der Waals surface area contributed by atoms with Crippen molar-refractivity contribution in [1.29, 1.82) is 0 Å². The fourth-order valence-electron chi connectivity index (χ4n) is 3.65. The van der Waals surface area contributed by atoms with E-state index in [1.54, 1.807) is 0 Å². The first-order valence-electron chi connectivity index (χ1n) is 8.18. The number of nitro groups is 1. The Bertz CT molecular complexity index is 574. The molecule has 3 rings (SSSR count). The molecule has 1 aromatic rings. The zero-order valence-electron chi connectivity index (χ0n) is 13.1. The van der Waals surface area contributed by atoms with Gasteiger partial charge in [0.1, 0.15) is 6.54 Å². The summed E-state index contributed by atoms with van der Waals surface area (Å²) >= 11 is 0. The van der Waals surface area contributed by atoms with Gasteiger partial charge >= 0.3 is 5.82 Å². The third kappa shape index (κ3) is 3.87. The zero-order chi connectivity index (χ0) is 16.3. The van der Waals surface area contributed by atoms with Crippen molar-refractivity contribution < 1.29 is 14.5 Å². The van der Waals surface area contributed by atoms with E-state index in [0.29, 0.717) is 6.61 Å². The first kappa shape index (κ1) is 15.9. The van der Waals surface area contributed by atoms with E-state index in [9.17, 15) is 14.9 Å². The Morgan fingerprint density at radius 3 is 2.96 bits per heavy atom. The summed E-state index contributed by atoms with van der Waals surface area (Å²) in [6.07, 6.45) is 8.92. The molecule has 1 saturated carbocycles. The summed E-state index contributed by atoms with van der Waals surface area (Å²) < 4.78 is 7.32. The number of carbonyl (C=O) groups is 1. The molecule has 8 heteroatoms. The molecule has 1 atom stereocenters. The maximum Gasteiger partial charge on any atom is 0.389 e. The van der Waals surface area contributed by atoms with Crippen molar-refractivity contribution in [3.05, 3.63) is 22.4 Å². The normalized spacial score (nSPS) is 23.6. The minimum Gasteiger partial charge on any atom is -0.375 e. The minimum atomic E-state index is -0.570. The SMILES string of the molecule is O=C(Cn1ccc([N+](=O)[O-])n1)N[C@@H]1CCOC2(CCCCC2)C1. The van der Waals surface area contributed by atoms with E-state index in [-0.39, 0.29) is 29.9 Å². The molecule has 1 amide bonds. The van der Waals surface area contributed by atoms with Gasteiger partial charge in [0.15, 0.2) is 0 Å². The summed E-state index contributed by atoms with van der Waals surface area (Å²) in [5, 5.41) is 17.4. The second-order valence-electron chi connectivity index (χ2n) is 6.48. The van der Waals surface area contributed by atoms with Crippen LogP contribution >= 0.6 is 0 Å². The quantitative estimate of drug-likeness (QED) is 0.673. The number of aromatic nitrogens is 2. The fourth-order valence-corrected chi connectivity index (χ4v) is 3.65. The number of hydrogen-bond acceptors (Lipinski definition) is 5. The van der Waals surface area contributed by atoms with Crippen molar-refractivity contribution in [1.82, 2.24) is 15.1 Å². The van der Waals surface area contributed by atoms with Gasteiger partial charge in [-0.15, -0.1) is 0 Å². The summed E-state index contributed by atoms with van der Waals surface area (Å²) in [4.78, 5) is 22.2. The van der Waals surface area contributed by atoms with Crippen LogP contribution in [0.3, 0.4) is 0 Å². The van der Waals surface area contributed by atoms with E-state index in [4.69, 9.17) is 4.74 Å². The van der Waals surface area contributed by atoms with Crippen molar-refractivity contribution in [2.24, 2.45) is 0 Å². The van der Waals surface area contributed by atoms with E-state index in [2.05, 4.69) is 10.4 Å². The highest BCUT2D eigenvalue weighted by Gasteiger charge is 2.38. The summed E-state index contributed by atoms with van der Waals surface area (Å²) in [5.74, 6) is -0.411. The van der Waals surface area contributed by atoms with Crippen LogP contribution in [0, 0.1) is 10.1 Å². The van der Waals surface area contributed by atoms with Gasteiger partial charge in [-0.3, -0.25) is 4.79 Å². The van der Waals surface area contributed by atoms with E-state index >= 15 is 0 Å². The van der Waals surface area contributed by atoms with Gasteiger partial charge in [-0.2, -0.15) is 4.68 Å². The smallest absolute Gasteiger partial charge is 0.375 e. The Labute approximate surface area is 134 Å². The number of rotatable bonds is 4. The molecule has 1 aliphatic carbocycles. The van der Waals surface area contributed by atoms with Crippen LogP contribution in [0.4, 0.5) is 5.82 Å². The van der Waals surface area contributed by atoms with Crippen LogP contribution in [0.15, 0.2) is 12.3 Å². The van der Waals surface area contributed by atoms with Crippen molar-refractivity contribution in [3.63, 3.8) is 0 Å². The van der Waals surface area contributed by atoms with Crippen molar-refractivity contribution >= 4 is 11.7 Å². The molecule has 1 aliphatic heterocycles. The molecule has 0 unspecified atom stereocenters. The molecular formula is C15H22N4O4. The molecule has 1 aromatic heterocycles. The first-order valence-corrected chi connectivity index (χ1v) is 8.18. The lowest BCUT2D eigenvalue weighted by molar-refractivity contribution is -0.389. The number of amides is 1. The molecule has 1 N–H and O–H groups in total. The number of nitrogens with one attached hydrogen (secondary N) is 1. The first-order chi connectivity index (χ1) is 11.1. The Morgan fingerprint density at radius 1 is 1.48 bits per heavy atom. The van der Waals surface area contributed by atoms with Gasteiger partial charge in [-0.25, -0.2) is 0 Å². The van der Waals surface area contributed by atoms with Crippen LogP contribution in [0.2, 0.25) is 0 Å². The maximum atomic E-state index is 12.1. The van der Waals surface area contributed by atoms with E-state index in [1.807, 2.05) is 0 Å². The average Bonchev–Trinajstić information content (AvgIpc) is 2.96. The molecule has 2 fully saturated rings. The van der Waals surface area contributed by atoms with E-state index in [1.165, 1.54) is 36.2 Å². The van der Waals surface area contributed by atoms with Crippen LogP contribution in [0.25, 0.3) is 0 Å². The summed E-state index contributed by atoms with van der Waals surface area (Å²) in [5.41, 5.74) is -0.0566. The lowest BCUT2D eigenvalue weighted by Crippen LogP contribution is -2.50. The number of nitrogens with zero attached hydrogens (tertiary/aromatic N) is 3. The van der Waals surface area contributed by atoms with Gasteiger partial charge in [0.25, 0.3) is 0 Å². The highest BCUT2D eigenvalue weighted by Crippen LogP contribution is 2.38. The third-order valence-corrected chi connectivity index (χ3v) is 4.74. The van der Waals surface area contributed by atoms with Crippen LogP contribution in [-0.4, -0.2) is 38.9 Å². The fraction of sp³-hybridized carbons (Fsp3) is 0.733. The Hall–Kier alpha value is -1.96. The lowest BCUT2D eigenvalue weighted by atomic mass is 9.78. The van der Waals surface area contributed by atoms with Crippen molar-refractivity contribution in [3.8, 4) is 0 Å². The van der Waals surface area contributed by atoms with E-state index < -0.39 is 4.92 Å². The molecular weight excluding hydrogens is 300 g/mol. The second kappa shape index (κ2) is 6.66. The summed E-state index contributed by atoms with van der Waals surface area (Å²) in [6, 6.07) is 1.40. The Morgan fingerprint density at radius 2 is 2.26 bits per heavy atom. The molecule has 1 saturated heterocycles. The topological polar surface area (TPSA) is 99.3 Å². The van der Waals surface area contributed by atoms with Gasteiger partial charge < -0.3 is 20.2 Å². The number of ether oxygens (including phenoxy) is 1. The van der Waals surface area contributed by atoms with Gasteiger partial charge in [0, 0.05) is 12.6 Å². The highest BCUT2D eigenvalue weighted by molar-refractivity contribution is 5.76. The largest absolute Gasteiger partial charge is 0.389 e. The second-order valence-corrected chi connectivity index (χ2v) is 6.48. The lowest BCUT2D eigenvalue weighted by Gasteiger charge is -2.43. The molecule has 2 heterocycles. The average molecular weight is 322 g/mol. The standard InChI is InChI=1S/C15H22N4O4/c20-14(11-18-8-4-13(17-18)19(21)22)16-12-5-9-23-15(10-12)6-2-1-3-7-15/h4,8,12H,1-3,5-7,9-11H2,(H,16,20)/t12-/m1/s1. The monoisotopic (exact) mass is 322 g/mol. The van der Waals surface area contributed by atoms with Crippen LogP contribution in [0.5, 0.6) is 0 Å². The summed E-state index contributed by atoms with van der Waals surface area (Å²) in [7, 11) is 0. The third-order valence-electron chi connectivity index (χ3n) is 4.74. The van der Waals surface area contributed by atoms with Crippen LogP contribution < -0.4 is 5.32 Å². The summed E-state index contributed by atoms with van der Waals surface area (Å²) in [6.45, 7) is 0.677. The molecule has 23 heavy (non-hydrogen) atoms. The molecule has 2 aliphatic rings. The molecule has 0 bridgehead atoms. The Balaban J connectivity index is 1.53. The highest BCUT2D eigenvalue weighted by atomic mass is 16.6. The molecule has 8 nitrogen and oxygen atoms in total. The number of hydrogen-bond donors (Lipinski definition) is 1. The zero-order valence-corrected chi connectivity index (χ0v) is 13.1. The van der Waals surface area contributed by atoms with Gasteiger partial charge in [-0.1, -0.05) is 19.3 Å². The molecule has 1 spiro atoms. The van der Waals surface area contributed by atoms with Gasteiger partial charge in [0.2, 0.25) is 5.91 Å². The predicted octanol–water partition coefficient (Wildman–Crippen LogP) is 1.79. The van der Waals surface area contributed by atoms with Gasteiger partial charge in [0.05, 0.1) is 23.0 Å². The Kier molecular flexibility index (Phi) is 4.61. The predicted molar refractivity (Wildman–Crippen MR) is 81.8 cm³/mol. The van der Waals surface area contributed by atoms with Gasteiger partial charge in [-0.05, 0) is 30.6 Å². The molecule has 126 valence electrons. The molecule has 0 radical (unpaired) electrons. The van der Waals surface area contributed by atoms with Crippen molar-refractivity contribution in [2.75, 3.05) is 6.61 Å². The minimum absolute atomic E-state index is 0.00179. The van der Waals surface area contributed by atoms with Crippen molar-refractivity contribution in [2.45, 2.75) is 63.1 Å². The number of carbonyl (C=O) groups excluding carboxylic acids is 1. The van der Waals surface area contributed by atoms with E-state index in [0.717, 1.165) is 25.7 Å². The maximum absolute atomic E-state index is 12.1. The van der Waals surface area contributed by atoms with Crippen LogP contribution in [0.1, 0.15) is 44.9 Å². The molecule has 0 aromatic carbocycles.